The van der Waals surface area contributed by atoms with Crippen LogP contribution in [0, 0.1) is 0 Å². The Hall–Kier alpha value is -0.950. The van der Waals surface area contributed by atoms with Gasteiger partial charge in [-0.1, -0.05) is 35.9 Å². The SMILES string of the molecule is C/C=C(/Cl)N(C)c1ccccc1. The lowest BCUT2D eigenvalue weighted by Crippen LogP contribution is -2.11. The summed E-state index contributed by atoms with van der Waals surface area (Å²) in [6, 6.07) is 10.0. The minimum absolute atomic E-state index is 0.737. The summed E-state index contributed by atoms with van der Waals surface area (Å²) >= 11 is 5.94. The van der Waals surface area contributed by atoms with Crippen molar-refractivity contribution in [1.29, 1.82) is 0 Å². The molecule has 12 heavy (non-hydrogen) atoms. The normalized spacial score (nSPS) is 11.4. The molecule has 0 saturated carbocycles. The fourth-order valence-corrected chi connectivity index (χ4v) is 1.07. The van der Waals surface area contributed by atoms with Gasteiger partial charge in [0, 0.05) is 12.7 Å². The van der Waals surface area contributed by atoms with Gasteiger partial charge in [-0.05, 0) is 19.1 Å². The molecule has 1 nitrogen and oxygen atoms in total. The van der Waals surface area contributed by atoms with Crippen molar-refractivity contribution >= 4 is 17.3 Å². The van der Waals surface area contributed by atoms with Crippen molar-refractivity contribution in [2.24, 2.45) is 0 Å². The molecule has 0 N–H and O–H groups in total. The molecule has 0 saturated heterocycles. The second kappa shape index (κ2) is 4.17. The van der Waals surface area contributed by atoms with Gasteiger partial charge < -0.3 is 4.90 Å². The van der Waals surface area contributed by atoms with Crippen LogP contribution in [0.15, 0.2) is 41.6 Å². The van der Waals surface area contributed by atoms with Gasteiger partial charge >= 0.3 is 0 Å². The van der Waals surface area contributed by atoms with Gasteiger partial charge in [-0.15, -0.1) is 0 Å². The van der Waals surface area contributed by atoms with Gasteiger partial charge in [0.2, 0.25) is 0 Å². The Morgan fingerprint density at radius 3 is 2.42 bits per heavy atom. The quantitative estimate of drug-likeness (QED) is 0.634. The number of hydrogen-bond donors (Lipinski definition) is 0. The summed E-state index contributed by atoms with van der Waals surface area (Å²) in [4.78, 5) is 1.93. The van der Waals surface area contributed by atoms with Gasteiger partial charge in [-0.2, -0.15) is 0 Å². The van der Waals surface area contributed by atoms with E-state index in [2.05, 4.69) is 0 Å². The topological polar surface area (TPSA) is 3.24 Å². The largest absolute Gasteiger partial charge is 0.336 e. The lowest BCUT2D eigenvalue weighted by atomic mass is 10.3. The molecule has 0 radical (unpaired) electrons. The summed E-state index contributed by atoms with van der Waals surface area (Å²) in [5.41, 5.74) is 1.10. The van der Waals surface area contributed by atoms with E-state index < -0.39 is 0 Å². The average Bonchev–Trinajstić information content (AvgIpc) is 2.17. The maximum Gasteiger partial charge on any atom is 0.104 e. The molecule has 0 aliphatic carbocycles. The van der Waals surface area contributed by atoms with Gasteiger partial charge in [0.1, 0.15) is 5.16 Å². The standard InChI is InChI=1S/C10H12ClN/c1-3-10(11)12(2)9-7-5-4-6-8-9/h3-8H,1-2H3/b10-3-. The predicted molar refractivity (Wildman–Crippen MR) is 54.5 cm³/mol. The fraction of sp³-hybridized carbons (Fsp3) is 0.200. The molecule has 0 bridgehead atoms. The highest BCUT2D eigenvalue weighted by atomic mass is 35.5. The highest BCUT2D eigenvalue weighted by molar-refractivity contribution is 6.31. The maximum atomic E-state index is 5.94. The highest BCUT2D eigenvalue weighted by Gasteiger charge is 2.00. The van der Waals surface area contributed by atoms with Crippen LogP contribution in [0.25, 0.3) is 0 Å². The molecule has 0 aliphatic heterocycles. The maximum absolute atomic E-state index is 5.94. The van der Waals surface area contributed by atoms with Crippen LogP contribution in [-0.4, -0.2) is 7.05 Å². The number of benzene rings is 1. The first-order valence-electron chi connectivity index (χ1n) is 3.86. The van der Waals surface area contributed by atoms with Gasteiger partial charge in [0.05, 0.1) is 0 Å². The van der Waals surface area contributed by atoms with Crippen LogP contribution in [0.1, 0.15) is 6.92 Å². The summed E-state index contributed by atoms with van der Waals surface area (Å²) in [5, 5.41) is 0.737. The zero-order valence-electron chi connectivity index (χ0n) is 7.29. The predicted octanol–water partition coefficient (Wildman–Crippen LogP) is 3.22. The zero-order valence-corrected chi connectivity index (χ0v) is 8.05. The molecule has 1 rings (SSSR count). The van der Waals surface area contributed by atoms with Crippen molar-refractivity contribution in [3.63, 3.8) is 0 Å². The molecule has 0 unspecified atom stereocenters. The number of allylic oxidation sites excluding steroid dienone is 1. The van der Waals surface area contributed by atoms with E-state index in [1.54, 1.807) is 0 Å². The Labute approximate surface area is 78.3 Å². The van der Waals surface area contributed by atoms with Gasteiger partial charge in [-0.3, -0.25) is 0 Å². The van der Waals surface area contributed by atoms with Crippen molar-refractivity contribution in [2.45, 2.75) is 6.92 Å². The third-order valence-corrected chi connectivity index (χ3v) is 2.17. The van der Waals surface area contributed by atoms with Crippen LogP contribution < -0.4 is 4.90 Å². The van der Waals surface area contributed by atoms with Crippen LogP contribution in [0.4, 0.5) is 5.69 Å². The number of para-hydroxylation sites is 1. The molecular weight excluding hydrogens is 170 g/mol. The summed E-state index contributed by atoms with van der Waals surface area (Å²) < 4.78 is 0. The van der Waals surface area contributed by atoms with Crippen LogP contribution in [0.2, 0.25) is 0 Å². The smallest absolute Gasteiger partial charge is 0.104 e. The fourth-order valence-electron chi connectivity index (χ4n) is 0.969. The van der Waals surface area contributed by atoms with Gasteiger partial charge in [0.15, 0.2) is 0 Å². The van der Waals surface area contributed by atoms with E-state index in [-0.39, 0.29) is 0 Å². The monoisotopic (exact) mass is 181 g/mol. The number of hydrogen-bond acceptors (Lipinski definition) is 1. The Kier molecular flexibility index (Phi) is 3.18. The molecule has 1 aromatic carbocycles. The summed E-state index contributed by atoms with van der Waals surface area (Å²) in [6.07, 6.45) is 1.87. The van der Waals surface area contributed by atoms with Crippen molar-refractivity contribution in [3.8, 4) is 0 Å². The third-order valence-electron chi connectivity index (χ3n) is 1.70. The molecule has 0 atom stereocenters. The molecule has 0 spiro atoms. The van der Waals surface area contributed by atoms with E-state index in [0.29, 0.717) is 0 Å². The molecule has 0 heterocycles. The van der Waals surface area contributed by atoms with Crippen LogP contribution in [0.3, 0.4) is 0 Å². The molecule has 2 heteroatoms. The number of nitrogens with zero attached hydrogens (tertiary/aromatic N) is 1. The summed E-state index contributed by atoms with van der Waals surface area (Å²) in [6.45, 7) is 1.92. The Balaban J connectivity index is 2.86. The summed E-state index contributed by atoms with van der Waals surface area (Å²) in [5.74, 6) is 0. The van der Waals surface area contributed by atoms with Crippen LogP contribution in [-0.2, 0) is 0 Å². The lowest BCUT2D eigenvalue weighted by Gasteiger charge is -2.17. The molecular formula is C10H12ClN. The second-order valence-corrected chi connectivity index (χ2v) is 2.89. The van der Waals surface area contributed by atoms with Gasteiger partial charge in [-0.25, -0.2) is 0 Å². The van der Waals surface area contributed by atoms with Gasteiger partial charge in [0.25, 0.3) is 0 Å². The molecule has 1 aromatic rings. The van der Waals surface area contributed by atoms with E-state index in [1.165, 1.54) is 0 Å². The Morgan fingerprint density at radius 2 is 1.92 bits per heavy atom. The molecule has 0 aliphatic rings. The average molecular weight is 182 g/mol. The minimum Gasteiger partial charge on any atom is -0.336 e. The van der Waals surface area contributed by atoms with E-state index >= 15 is 0 Å². The molecule has 64 valence electrons. The highest BCUT2D eigenvalue weighted by Crippen LogP contribution is 2.18. The van der Waals surface area contributed by atoms with Crippen molar-refractivity contribution in [2.75, 3.05) is 11.9 Å². The Bertz CT molecular complexity index is 266. The van der Waals surface area contributed by atoms with Crippen LogP contribution in [0.5, 0.6) is 0 Å². The second-order valence-electron chi connectivity index (χ2n) is 2.51. The number of halogens is 1. The zero-order chi connectivity index (χ0) is 8.97. The molecule has 0 fully saturated rings. The van der Waals surface area contributed by atoms with E-state index in [0.717, 1.165) is 10.8 Å². The number of anilines is 1. The van der Waals surface area contributed by atoms with E-state index in [1.807, 2.05) is 55.3 Å². The van der Waals surface area contributed by atoms with Crippen molar-refractivity contribution in [3.05, 3.63) is 41.6 Å². The molecule has 0 amide bonds. The van der Waals surface area contributed by atoms with Crippen LogP contribution >= 0.6 is 11.6 Å². The van der Waals surface area contributed by atoms with Crippen molar-refractivity contribution in [1.82, 2.24) is 0 Å². The third kappa shape index (κ3) is 2.02. The first-order valence-corrected chi connectivity index (χ1v) is 4.24. The summed E-state index contributed by atoms with van der Waals surface area (Å²) in [7, 11) is 1.94. The lowest BCUT2D eigenvalue weighted by molar-refractivity contribution is 1.17. The van der Waals surface area contributed by atoms with E-state index in [9.17, 15) is 0 Å². The first kappa shape index (κ1) is 9.14. The van der Waals surface area contributed by atoms with E-state index in [4.69, 9.17) is 11.6 Å². The molecule has 0 aromatic heterocycles. The first-order chi connectivity index (χ1) is 5.75. The number of rotatable bonds is 2. The minimum atomic E-state index is 0.737. The van der Waals surface area contributed by atoms with Crippen molar-refractivity contribution < 1.29 is 0 Å². The Morgan fingerprint density at radius 1 is 1.33 bits per heavy atom.